The van der Waals surface area contributed by atoms with Crippen LogP contribution in [0.15, 0.2) is 36.4 Å². The molecule has 12 heteroatoms. The Labute approximate surface area is 205 Å². The van der Waals surface area contributed by atoms with Crippen LogP contribution in [-0.2, 0) is 14.3 Å². The fourth-order valence-corrected chi connectivity index (χ4v) is 4.13. The van der Waals surface area contributed by atoms with Gasteiger partial charge in [-0.15, -0.1) is 0 Å². The predicted octanol–water partition coefficient (Wildman–Crippen LogP) is -0.172. The van der Waals surface area contributed by atoms with Crippen molar-refractivity contribution in [2.45, 2.75) is 49.8 Å². The zero-order valence-electron chi connectivity index (χ0n) is 19.3. The zero-order chi connectivity index (χ0) is 26.1. The number of aliphatic hydroxyl groups is 4. The largest absolute Gasteiger partial charge is 0.507 e. The fourth-order valence-electron chi connectivity index (χ4n) is 4.13. The van der Waals surface area contributed by atoms with Crippen molar-refractivity contribution >= 4 is 11.8 Å². The molecule has 0 aliphatic carbocycles. The van der Waals surface area contributed by atoms with Crippen LogP contribution in [0.3, 0.4) is 0 Å². The number of methoxy groups -OCH3 is 1. The highest BCUT2D eigenvalue weighted by atomic mass is 16.7. The van der Waals surface area contributed by atoms with Gasteiger partial charge in [-0.3, -0.25) is 9.59 Å². The second kappa shape index (κ2) is 10.3. The van der Waals surface area contributed by atoms with E-state index in [9.17, 15) is 35.1 Å². The van der Waals surface area contributed by atoms with E-state index in [1.54, 1.807) is 24.3 Å². The van der Waals surface area contributed by atoms with Gasteiger partial charge in [-0.05, 0) is 17.7 Å². The Morgan fingerprint density at radius 2 is 1.75 bits per heavy atom. The Bertz CT molecular complexity index is 1120. The highest BCUT2D eigenvalue weighted by Gasteiger charge is 2.48. The summed E-state index contributed by atoms with van der Waals surface area (Å²) in [5, 5.41) is 51.4. The number of phenolic OH excluding ortho intramolecular Hbond substituents is 1. The van der Waals surface area contributed by atoms with Gasteiger partial charge in [-0.2, -0.15) is 0 Å². The minimum absolute atomic E-state index is 0.0957. The van der Waals surface area contributed by atoms with Crippen molar-refractivity contribution in [3.8, 4) is 23.0 Å². The van der Waals surface area contributed by atoms with Gasteiger partial charge in [-0.25, -0.2) is 0 Å². The Kier molecular flexibility index (Phi) is 7.33. The number of phenols is 1. The van der Waals surface area contributed by atoms with Crippen LogP contribution in [0.2, 0.25) is 0 Å². The third kappa shape index (κ3) is 4.81. The maximum absolute atomic E-state index is 12.8. The molecule has 0 bridgehead atoms. The van der Waals surface area contributed by atoms with Crippen molar-refractivity contribution in [1.29, 1.82) is 0 Å². The van der Waals surface area contributed by atoms with E-state index < -0.39 is 67.0 Å². The molecule has 0 amide bonds. The van der Waals surface area contributed by atoms with Crippen LogP contribution in [-0.4, -0.2) is 87.8 Å². The number of aliphatic hydroxyl groups excluding tert-OH is 4. The van der Waals surface area contributed by atoms with Crippen LogP contribution < -0.4 is 14.2 Å². The van der Waals surface area contributed by atoms with Gasteiger partial charge >= 0.3 is 5.97 Å². The average molecular weight is 506 g/mol. The number of fused-ring (bicyclic) bond motifs is 1. The molecule has 2 aliphatic rings. The molecule has 4 rings (SSSR count). The molecule has 0 saturated carbocycles. The lowest BCUT2D eigenvalue weighted by Gasteiger charge is -2.41. The summed E-state index contributed by atoms with van der Waals surface area (Å²) in [6.45, 7) is 0.419. The lowest BCUT2D eigenvalue weighted by atomic mass is 9.93. The number of benzene rings is 2. The average Bonchev–Trinajstić information content (AvgIpc) is 2.85. The van der Waals surface area contributed by atoms with E-state index in [0.29, 0.717) is 11.3 Å². The molecule has 0 radical (unpaired) electrons. The first-order valence-electron chi connectivity index (χ1n) is 11.0. The summed E-state index contributed by atoms with van der Waals surface area (Å²) in [4.78, 5) is 24.2. The Balaban J connectivity index is 1.62. The zero-order valence-corrected chi connectivity index (χ0v) is 19.3. The Morgan fingerprint density at radius 3 is 2.36 bits per heavy atom. The van der Waals surface area contributed by atoms with Crippen molar-refractivity contribution in [2.24, 2.45) is 0 Å². The molecule has 2 aliphatic heterocycles. The summed E-state index contributed by atoms with van der Waals surface area (Å²) in [6, 6.07) is 8.81. The highest BCUT2D eigenvalue weighted by Crippen LogP contribution is 2.43. The number of aromatic hydroxyl groups is 1. The van der Waals surface area contributed by atoms with Gasteiger partial charge in [0.1, 0.15) is 40.8 Å². The molecule has 1 saturated heterocycles. The minimum Gasteiger partial charge on any atom is -0.507 e. The van der Waals surface area contributed by atoms with Crippen LogP contribution in [0.4, 0.5) is 0 Å². The molecular weight excluding hydrogens is 480 g/mol. The maximum atomic E-state index is 12.8. The molecule has 2 unspecified atom stereocenters. The maximum Gasteiger partial charge on any atom is 0.303 e. The first-order valence-corrected chi connectivity index (χ1v) is 11.0. The third-order valence-electron chi connectivity index (χ3n) is 5.93. The smallest absolute Gasteiger partial charge is 0.303 e. The Morgan fingerprint density at radius 1 is 1.06 bits per heavy atom. The normalized spacial score (nSPS) is 29.6. The second-order valence-corrected chi connectivity index (χ2v) is 8.33. The molecule has 0 spiro atoms. The topological polar surface area (TPSA) is 181 Å². The lowest BCUT2D eigenvalue weighted by molar-refractivity contribution is -0.281. The predicted molar refractivity (Wildman–Crippen MR) is 119 cm³/mol. The standard InChI is InChI=1S/C24H26O12/c1-10(26)33-23-18(28)16(9-25)36-24(21(23)31)34-13-7-14(27)17-15(8-13)35-22(20(30)19(17)29)11-3-5-12(32-2)6-4-11/h3-8,16,18,20-25,27-28,30-31H,9H2,1-2H3/t16-,18-,20?,21-,22?,23+,24+/m1/s1. The van der Waals surface area contributed by atoms with Crippen molar-refractivity contribution in [1.82, 2.24) is 0 Å². The van der Waals surface area contributed by atoms with E-state index in [2.05, 4.69) is 0 Å². The summed E-state index contributed by atoms with van der Waals surface area (Å²) in [7, 11) is 1.50. The molecule has 7 atom stereocenters. The second-order valence-electron chi connectivity index (χ2n) is 8.33. The number of ether oxygens (including phenoxy) is 5. The van der Waals surface area contributed by atoms with Crippen molar-refractivity contribution in [3.63, 3.8) is 0 Å². The number of hydrogen-bond donors (Lipinski definition) is 5. The number of rotatable bonds is 6. The van der Waals surface area contributed by atoms with Crippen LogP contribution in [0.1, 0.15) is 28.9 Å². The number of carbonyl (C=O) groups is 2. The fraction of sp³-hybridized carbons (Fsp3) is 0.417. The van der Waals surface area contributed by atoms with E-state index in [4.69, 9.17) is 23.7 Å². The third-order valence-corrected chi connectivity index (χ3v) is 5.93. The number of hydrogen-bond acceptors (Lipinski definition) is 12. The molecule has 194 valence electrons. The van der Waals surface area contributed by atoms with E-state index >= 15 is 0 Å². The van der Waals surface area contributed by atoms with Gasteiger partial charge in [0.25, 0.3) is 0 Å². The minimum atomic E-state index is -1.67. The van der Waals surface area contributed by atoms with Gasteiger partial charge in [0, 0.05) is 19.1 Å². The first kappa shape index (κ1) is 25.7. The first-order chi connectivity index (χ1) is 17.1. The lowest BCUT2D eigenvalue weighted by Crippen LogP contribution is -2.61. The number of esters is 1. The van der Waals surface area contributed by atoms with E-state index in [1.165, 1.54) is 13.2 Å². The van der Waals surface area contributed by atoms with E-state index in [0.717, 1.165) is 13.0 Å². The van der Waals surface area contributed by atoms with Crippen molar-refractivity contribution in [3.05, 3.63) is 47.5 Å². The summed E-state index contributed by atoms with van der Waals surface area (Å²) in [5.41, 5.74) is 0.217. The van der Waals surface area contributed by atoms with E-state index in [1.807, 2.05) is 0 Å². The van der Waals surface area contributed by atoms with Gasteiger partial charge in [0.05, 0.1) is 13.7 Å². The molecular formula is C24H26O12. The number of ketones is 1. The quantitative estimate of drug-likeness (QED) is 0.327. The molecule has 36 heavy (non-hydrogen) atoms. The number of Topliss-reactive ketones (excluding diaryl/α,β-unsaturated/α-hetero) is 1. The van der Waals surface area contributed by atoms with Gasteiger partial charge < -0.3 is 49.2 Å². The number of carbonyl (C=O) groups excluding carboxylic acids is 2. The molecule has 0 aromatic heterocycles. The molecule has 1 fully saturated rings. The molecule has 2 aromatic carbocycles. The van der Waals surface area contributed by atoms with Gasteiger partial charge in [-0.1, -0.05) is 12.1 Å². The SMILES string of the molecule is COc1ccc(C2Oc3cc(O[C@H]4O[C@H](CO)[C@@H](O)[C@H](OC(C)=O)[C@H]4O)cc(O)c3C(=O)C2O)cc1. The monoisotopic (exact) mass is 506 g/mol. The summed E-state index contributed by atoms with van der Waals surface area (Å²) in [6.07, 6.45) is -10.1. The van der Waals surface area contributed by atoms with Crippen LogP contribution in [0.25, 0.3) is 0 Å². The van der Waals surface area contributed by atoms with E-state index in [-0.39, 0.29) is 17.1 Å². The molecule has 5 N–H and O–H groups in total. The van der Waals surface area contributed by atoms with Gasteiger partial charge in [0.2, 0.25) is 12.1 Å². The van der Waals surface area contributed by atoms with Crippen LogP contribution in [0.5, 0.6) is 23.0 Å². The van der Waals surface area contributed by atoms with Gasteiger partial charge in [0.15, 0.2) is 24.4 Å². The molecule has 2 aromatic rings. The van der Waals surface area contributed by atoms with Crippen LogP contribution >= 0.6 is 0 Å². The summed E-state index contributed by atoms with van der Waals surface area (Å²) in [5.74, 6) is -1.75. The van der Waals surface area contributed by atoms with Crippen molar-refractivity contribution in [2.75, 3.05) is 13.7 Å². The summed E-state index contributed by atoms with van der Waals surface area (Å²) >= 11 is 0. The highest BCUT2D eigenvalue weighted by molar-refractivity contribution is 6.05. The van der Waals surface area contributed by atoms with Crippen molar-refractivity contribution < 1.29 is 58.8 Å². The Hall–Kier alpha value is -3.42. The molecule has 12 nitrogen and oxygen atoms in total. The van der Waals surface area contributed by atoms with Crippen LogP contribution in [0, 0.1) is 0 Å². The summed E-state index contributed by atoms with van der Waals surface area (Å²) < 4.78 is 27.0. The molecule has 2 heterocycles.